The highest BCUT2D eigenvalue weighted by molar-refractivity contribution is 5.85. The molecule has 1 rings (SSSR count). The Morgan fingerprint density at radius 1 is 1.32 bits per heavy atom. The number of likely N-dealkylation sites (tertiary alicyclic amines) is 1. The summed E-state index contributed by atoms with van der Waals surface area (Å²) in [4.78, 5) is 25.5. The Balaban J connectivity index is 2.41. The molecule has 1 fully saturated rings. The SMILES string of the molecule is CNC(C)(C)C(=O)N1CCC(NC(=O)COC)CC1. The Morgan fingerprint density at radius 2 is 1.89 bits per heavy atom. The third kappa shape index (κ3) is 4.47. The van der Waals surface area contributed by atoms with Gasteiger partial charge in [0, 0.05) is 26.2 Å². The predicted octanol–water partition coefficient (Wildman–Crippen LogP) is -0.262. The summed E-state index contributed by atoms with van der Waals surface area (Å²) in [7, 11) is 3.29. The molecule has 2 amide bonds. The van der Waals surface area contributed by atoms with E-state index in [1.165, 1.54) is 7.11 Å². The molecule has 1 heterocycles. The first-order chi connectivity index (χ1) is 8.90. The van der Waals surface area contributed by atoms with Crippen molar-refractivity contribution in [2.75, 3.05) is 33.9 Å². The summed E-state index contributed by atoms with van der Waals surface area (Å²) < 4.78 is 4.78. The number of hydrogen-bond donors (Lipinski definition) is 2. The van der Waals surface area contributed by atoms with Gasteiger partial charge in [-0.25, -0.2) is 0 Å². The zero-order valence-electron chi connectivity index (χ0n) is 12.3. The van der Waals surface area contributed by atoms with Gasteiger partial charge in [-0.1, -0.05) is 0 Å². The van der Waals surface area contributed by atoms with Crippen LogP contribution < -0.4 is 10.6 Å². The Labute approximate surface area is 114 Å². The first-order valence-corrected chi connectivity index (χ1v) is 6.67. The predicted molar refractivity (Wildman–Crippen MR) is 72.8 cm³/mol. The lowest BCUT2D eigenvalue weighted by Gasteiger charge is -2.37. The van der Waals surface area contributed by atoms with E-state index in [1.807, 2.05) is 18.7 Å². The molecule has 1 saturated heterocycles. The standard InChI is InChI=1S/C13H25N3O3/c1-13(2,14-3)12(18)16-7-5-10(6-8-16)15-11(17)9-19-4/h10,14H,5-9H2,1-4H3,(H,15,17). The Kier molecular flexibility index (Phi) is 5.75. The molecule has 19 heavy (non-hydrogen) atoms. The Bertz CT molecular complexity index is 323. The number of amides is 2. The zero-order valence-corrected chi connectivity index (χ0v) is 12.3. The maximum atomic E-state index is 12.2. The van der Waals surface area contributed by atoms with Gasteiger partial charge in [0.05, 0.1) is 5.54 Å². The van der Waals surface area contributed by atoms with E-state index in [0.29, 0.717) is 13.1 Å². The highest BCUT2D eigenvalue weighted by Crippen LogP contribution is 2.15. The van der Waals surface area contributed by atoms with Gasteiger partial charge < -0.3 is 20.3 Å². The minimum atomic E-state index is -0.536. The van der Waals surface area contributed by atoms with Gasteiger partial charge in [-0.05, 0) is 33.7 Å². The van der Waals surface area contributed by atoms with Crippen LogP contribution in [-0.4, -0.2) is 62.1 Å². The van der Waals surface area contributed by atoms with Crippen molar-refractivity contribution in [3.05, 3.63) is 0 Å². The van der Waals surface area contributed by atoms with Gasteiger partial charge in [0.2, 0.25) is 11.8 Å². The van der Waals surface area contributed by atoms with Crippen LogP contribution in [0.2, 0.25) is 0 Å². The average molecular weight is 271 g/mol. The lowest BCUT2D eigenvalue weighted by molar-refractivity contribution is -0.138. The monoisotopic (exact) mass is 271 g/mol. The van der Waals surface area contributed by atoms with E-state index in [1.54, 1.807) is 7.05 Å². The summed E-state index contributed by atoms with van der Waals surface area (Å²) >= 11 is 0. The molecule has 0 aromatic rings. The van der Waals surface area contributed by atoms with Crippen LogP contribution in [0.15, 0.2) is 0 Å². The summed E-state index contributed by atoms with van der Waals surface area (Å²) in [5.41, 5.74) is -0.536. The van der Waals surface area contributed by atoms with Crippen molar-refractivity contribution < 1.29 is 14.3 Å². The van der Waals surface area contributed by atoms with Crippen molar-refractivity contribution >= 4 is 11.8 Å². The lowest BCUT2D eigenvalue weighted by atomic mass is 9.99. The molecule has 1 aliphatic rings. The average Bonchev–Trinajstić information content (AvgIpc) is 2.39. The Morgan fingerprint density at radius 3 is 2.37 bits per heavy atom. The topological polar surface area (TPSA) is 70.7 Å². The number of ether oxygens (including phenoxy) is 1. The zero-order chi connectivity index (χ0) is 14.5. The number of carbonyl (C=O) groups is 2. The van der Waals surface area contributed by atoms with Crippen LogP contribution >= 0.6 is 0 Å². The molecule has 0 bridgehead atoms. The van der Waals surface area contributed by atoms with Crippen molar-refractivity contribution in [2.45, 2.75) is 38.3 Å². The quantitative estimate of drug-likeness (QED) is 0.722. The molecule has 0 unspecified atom stereocenters. The van der Waals surface area contributed by atoms with E-state index in [-0.39, 0.29) is 24.5 Å². The third-order valence-corrected chi connectivity index (χ3v) is 3.58. The molecular formula is C13H25N3O3. The number of methoxy groups -OCH3 is 1. The number of nitrogens with zero attached hydrogens (tertiary/aromatic N) is 1. The smallest absolute Gasteiger partial charge is 0.246 e. The van der Waals surface area contributed by atoms with Crippen LogP contribution in [0.25, 0.3) is 0 Å². The van der Waals surface area contributed by atoms with Gasteiger partial charge in [0.25, 0.3) is 0 Å². The molecule has 0 aromatic carbocycles. The molecule has 6 nitrogen and oxygen atoms in total. The maximum absolute atomic E-state index is 12.2. The lowest BCUT2D eigenvalue weighted by Crippen LogP contribution is -2.56. The highest BCUT2D eigenvalue weighted by Gasteiger charge is 2.32. The van der Waals surface area contributed by atoms with Crippen molar-refractivity contribution in [1.29, 1.82) is 0 Å². The van der Waals surface area contributed by atoms with Gasteiger partial charge in [-0.2, -0.15) is 0 Å². The number of carbonyl (C=O) groups excluding carboxylic acids is 2. The number of nitrogens with one attached hydrogen (secondary N) is 2. The molecule has 0 atom stereocenters. The highest BCUT2D eigenvalue weighted by atomic mass is 16.5. The first-order valence-electron chi connectivity index (χ1n) is 6.67. The van der Waals surface area contributed by atoms with E-state index in [0.717, 1.165) is 12.8 Å². The number of rotatable bonds is 5. The second-order valence-electron chi connectivity index (χ2n) is 5.44. The third-order valence-electron chi connectivity index (χ3n) is 3.58. The van der Waals surface area contributed by atoms with Gasteiger partial charge >= 0.3 is 0 Å². The van der Waals surface area contributed by atoms with Gasteiger partial charge in [-0.3, -0.25) is 9.59 Å². The number of hydrogen-bond acceptors (Lipinski definition) is 4. The fourth-order valence-corrected chi connectivity index (χ4v) is 2.13. The Hall–Kier alpha value is -1.14. The molecule has 0 saturated carbocycles. The molecule has 6 heteroatoms. The normalized spacial score (nSPS) is 17.4. The van der Waals surface area contributed by atoms with Crippen LogP contribution in [0.3, 0.4) is 0 Å². The molecular weight excluding hydrogens is 246 g/mol. The van der Waals surface area contributed by atoms with Crippen LogP contribution in [0.5, 0.6) is 0 Å². The fourth-order valence-electron chi connectivity index (χ4n) is 2.13. The van der Waals surface area contributed by atoms with Gasteiger partial charge in [0.1, 0.15) is 6.61 Å². The van der Waals surface area contributed by atoms with Gasteiger partial charge in [0.15, 0.2) is 0 Å². The summed E-state index contributed by atoms with van der Waals surface area (Å²) in [5.74, 6) is 0.0134. The van der Waals surface area contributed by atoms with Crippen molar-refractivity contribution in [2.24, 2.45) is 0 Å². The fraction of sp³-hybridized carbons (Fsp3) is 0.846. The second-order valence-corrected chi connectivity index (χ2v) is 5.44. The summed E-state index contributed by atoms with van der Waals surface area (Å²) in [5, 5.41) is 5.94. The molecule has 0 spiro atoms. The van der Waals surface area contributed by atoms with E-state index in [4.69, 9.17) is 4.74 Å². The summed E-state index contributed by atoms with van der Waals surface area (Å²) in [6, 6.07) is 0.143. The van der Waals surface area contributed by atoms with Crippen molar-refractivity contribution in [1.82, 2.24) is 15.5 Å². The second kappa shape index (κ2) is 6.86. The van der Waals surface area contributed by atoms with Crippen molar-refractivity contribution in [3.63, 3.8) is 0 Å². The van der Waals surface area contributed by atoms with Crippen LogP contribution in [0.1, 0.15) is 26.7 Å². The van der Waals surface area contributed by atoms with E-state index >= 15 is 0 Å². The number of piperidine rings is 1. The van der Waals surface area contributed by atoms with Crippen molar-refractivity contribution in [3.8, 4) is 0 Å². The van der Waals surface area contributed by atoms with Crippen LogP contribution in [0, 0.1) is 0 Å². The minimum absolute atomic E-state index is 0.0892. The molecule has 0 aromatic heterocycles. The summed E-state index contributed by atoms with van der Waals surface area (Å²) in [6.07, 6.45) is 1.59. The molecule has 110 valence electrons. The van der Waals surface area contributed by atoms with E-state index in [2.05, 4.69) is 10.6 Å². The van der Waals surface area contributed by atoms with Crippen LogP contribution in [-0.2, 0) is 14.3 Å². The van der Waals surface area contributed by atoms with E-state index < -0.39 is 5.54 Å². The first kappa shape index (κ1) is 15.9. The molecule has 1 aliphatic heterocycles. The van der Waals surface area contributed by atoms with Crippen LogP contribution in [0.4, 0.5) is 0 Å². The van der Waals surface area contributed by atoms with E-state index in [9.17, 15) is 9.59 Å². The largest absolute Gasteiger partial charge is 0.375 e. The molecule has 0 radical (unpaired) electrons. The minimum Gasteiger partial charge on any atom is -0.375 e. The maximum Gasteiger partial charge on any atom is 0.246 e. The molecule has 0 aliphatic carbocycles. The summed E-state index contributed by atoms with van der Waals surface area (Å²) in [6.45, 7) is 5.21. The molecule has 2 N–H and O–H groups in total. The van der Waals surface area contributed by atoms with Gasteiger partial charge in [-0.15, -0.1) is 0 Å². The number of likely N-dealkylation sites (N-methyl/N-ethyl adjacent to an activating group) is 1.